The van der Waals surface area contributed by atoms with Gasteiger partial charge in [0.05, 0.1) is 40.8 Å². The molecule has 0 aliphatic heterocycles. The molecule has 0 aromatic heterocycles. The van der Waals surface area contributed by atoms with Gasteiger partial charge in [-0.1, -0.05) is 216 Å². The summed E-state index contributed by atoms with van der Waals surface area (Å²) in [6, 6.07) is 84.6. The number of rotatable bonds is 11. The number of hydrogen-bond donors (Lipinski definition) is 0. The molecule has 12 aromatic rings. The number of aryl methyl sites for hydroxylation is 2. The average Bonchev–Trinajstić information content (AvgIpc) is 0.768. The predicted molar refractivity (Wildman–Crippen MR) is 371 cm³/mol. The van der Waals surface area contributed by atoms with E-state index in [2.05, 4.69) is 103 Å². The van der Waals surface area contributed by atoms with Gasteiger partial charge in [0.2, 0.25) is 0 Å². The molecular formula is C80H56N2O6S4. The Morgan fingerprint density at radius 2 is 0.598 bits per heavy atom. The molecule has 2 unspecified atom stereocenters. The summed E-state index contributed by atoms with van der Waals surface area (Å²) >= 11 is 0. The normalized spacial score (nSPS) is 12.4. The van der Waals surface area contributed by atoms with Crippen molar-refractivity contribution in [1.29, 1.82) is 0 Å². The molecule has 2 atom stereocenters. The zero-order chi connectivity index (χ0) is 63.7. The van der Waals surface area contributed by atoms with Crippen molar-refractivity contribution in [2.75, 3.05) is 0 Å². The quantitative estimate of drug-likeness (QED) is 0.119. The molecule has 0 aliphatic carbocycles. The van der Waals surface area contributed by atoms with E-state index in [1.165, 1.54) is 24.3 Å². The van der Waals surface area contributed by atoms with Crippen LogP contribution in [-0.4, -0.2) is 25.3 Å². The van der Waals surface area contributed by atoms with Gasteiger partial charge in [0.1, 0.15) is 0 Å². The molecule has 12 heteroatoms. The Labute approximate surface area is 539 Å². The summed E-state index contributed by atoms with van der Waals surface area (Å²) < 4.78 is 92.2. The number of nitrogens with zero attached hydrogens (tertiary/aromatic N) is 2. The van der Waals surface area contributed by atoms with Gasteiger partial charge in [0, 0.05) is 65.4 Å². The second-order valence-electron chi connectivity index (χ2n) is 21.9. The van der Waals surface area contributed by atoms with Crippen LogP contribution >= 0.6 is 0 Å². The molecule has 0 N–H and O–H groups in total. The van der Waals surface area contributed by atoms with Crippen molar-refractivity contribution in [2.45, 2.75) is 44.9 Å². The lowest BCUT2D eigenvalue weighted by atomic mass is 9.87. The van der Waals surface area contributed by atoms with Gasteiger partial charge < -0.3 is 0 Å². The van der Waals surface area contributed by atoms with Gasteiger partial charge in [-0.3, -0.25) is 0 Å². The maximum absolute atomic E-state index is 14.8. The first-order valence-electron chi connectivity index (χ1n) is 29.3. The van der Waals surface area contributed by atoms with Crippen LogP contribution in [0.2, 0.25) is 0 Å². The molecule has 0 bridgehead atoms. The Morgan fingerprint density at radius 1 is 0.283 bits per heavy atom. The molecule has 0 radical (unpaired) electrons. The van der Waals surface area contributed by atoms with E-state index in [1.807, 2.05) is 123 Å². The van der Waals surface area contributed by atoms with Crippen molar-refractivity contribution < 1.29 is 25.3 Å². The first-order valence-corrected chi connectivity index (χ1v) is 35.6. The van der Waals surface area contributed by atoms with Crippen LogP contribution in [0.1, 0.15) is 66.8 Å². The summed E-state index contributed by atoms with van der Waals surface area (Å²) in [5, 5.41) is 4.14. The van der Waals surface area contributed by atoms with Crippen LogP contribution in [0.3, 0.4) is 0 Å². The molecule has 0 fully saturated rings. The molecule has 8 nitrogen and oxygen atoms in total. The van der Waals surface area contributed by atoms with Gasteiger partial charge in [0.25, 0.3) is 20.0 Å². The summed E-state index contributed by atoms with van der Waals surface area (Å²) in [5.41, 5.74) is 10.8. The van der Waals surface area contributed by atoms with Crippen molar-refractivity contribution in [2.24, 2.45) is 7.54 Å². The molecule has 0 amide bonds. The van der Waals surface area contributed by atoms with Gasteiger partial charge in [-0.2, -0.15) is 16.8 Å². The maximum Gasteiger partial charge on any atom is 0.290 e. The summed E-state index contributed by atoms with van der Waals surface area (Å²) in [4.78, 5) is 0.578. The molecule has 0 spiro atoms. The van der Waals surface area contributed by atoms with E-state index >= 15 is 0 Å². The lowest BCUT2D eigenvalue weighted by Gasteiger charge is -2.15. The highest BCUT2D eigenvalue weighted by atomic mass is 32.3. The van der Waals surface area contributed by atoms with Gasteiger partial charge >= 0.3 is 0 Å². The Kier molecular flexibility index (Phi) is 17.8. The number of benzene rings is 12. The van der Waals surface area contributed by atoms with Crippen LogP contribution < -0.4 is 0 Å². The number of fused-ring (bicyclic) bond motifs is 2. The Hall–Kier alpha value is -10.8. The zero-order valence-electron chi connectivity index (χ0n) is 49.9. The molecule has 0 saturated carbocycles. The minimum absolute atomic E-state index is 0.0257. The summed E-state index contributed by atoms with van der Waals surface area (Å²) in [5.74, 6) is 26.8. The number of sulfonamides is 2. The fourth-order valence-electron chi connectivity index (χ4n) is 10.5. The van der Waals surface area contributed by atoms with Gasteiger partial charge in [-0.25, -0.2) is 8.42 Å². The highest BCUT2D eigenvalue weighted by molar-refractivity contribution is 8.03. The third-order valence-corrected chi connectivity index (χ3v) is 23.8. The summed E-state index contributed by atoms with van der Waals surface area (Å²) in [7, 11) is -15.6. The fourth-order valence-corrected chi connectivity index (χ4v) is 18.6. The van der Waals surface area contributed by atoms with E-state index in [1.54, 1.807) is 97.1 Å². The Bertz CT molecular complexity index is 5290. The first-order chi connectivity index (χ1) is 44.5. The maximum atomic E-state index is 14.8. The van der Waals surface area contributed by atoms with Crippen LogP contribution in [0, 0.1) is 61.2 Å². The molecular weight excluding hydrogens is 1210 g/mol. The Morgan fingerprint density at radius 3 is 0.967 bits per heavy atom. The van der Waals surface area contributed by atoms with Crippen molar-refractivity contribution >= 4 is 61.0 Å². The van der Waals surface area contributed by atoms with Gasteiger partial charge in [-0.05, 0) is 168 Å². The fraction of sp³-hybridized carbons (Fsp3) is 0.0500. The molecule has 0 aliphatic rings. The van der Waals surface area contributed by atoms with Crippen LogP contribution in [-0.2, 0) is 51.0 Å². The zero-order valence-corrected chi connectivity index (χ0v) is 53.2. The summed E-state index contributed by atoms with van der Waals surface area (Å²) in [6.45, 7) is 3.73. The van der Waals surface area contributed by atoms with E-state index in [0.717, 1.165) is 77.2 Å². The topological polar surface area (TPSA) is 127 Å². The van der Waals surface area contributed by atoms with Crippen LogP contribution in [0.15, 0.2) is 306 Å². The van der Waals surface area contributed by atoms with E-state index < -0.39 is 39.5 Å². The monoisotopic (exact) mass is 1270 g/mol. The van der Waals surface area contributed by atoms with E-state index in [9.17, 15) is 25.3 Å². The van der Waals surface area contributed by atoms with Crippen molar-refractivity contribution in [3.8, 4) is 58.5 Å². The predicted octanol–water partition coefficient (Wildman–Crippen LogP) is 16.7. The van der Waals surface area contributed by atoms with Gasteiger partial charge in [-0.15, -0.1) is 7.54 Å². The SMILES string of the molecule is Cc1ccc(S(=O)(=O)N=S(=O)(Cc2cccc(C#Cc3cccc(C#Cc4ccc5ccccc5c4-c4c(C#Cc5cccc(C#Cc6cccc(CS(=O)(=NS(=O)(=O)c7ccc(C)cc7)c7ccccc7)c6)c5)ccc5ccccc45)c3)c2)c2ccccc2)cc1. The largest absolute Gasteiger partial charge is 0.290 e. The second-order valence-corrected chi connectivity index (χ2v) is 30.0. The van der Waals surface area contributed by atoms with E-state index in [4.69, 9.17) is 0 Å². The second kappa shape index (κ2) is 26.7. The van der Waals surface area contributed by atoms with Gasteiger partial charge in [0.15, 0.2) is 0 Å². The summed E-state index contributed by atoms with van der Waals surface area (Å²) in [6.07, 6.45) is 0. The van der Waals surface area contributed by atoms with Crippen molar-refractivity contribution in [3.05, 3.63) is 346 Å². The molecule has 0 saturated heterocycles. The number of hydrogen-bond acceptors (Lipinski definition) is 6. The van der Waals surface area contributed by atoms with Crippen molar-refractivity contribution in [1.82, 2.24) is 0 Å². The molecule has 12 aromatic carbocycles. The molecule has 446 valence electrons. The highest BCUT2D eigenvalue weighted by Crippen LogP contribution is 2.39. The minimum Gasteiger partial charge on any atom is -0.243 e. The lowest BCUT2D eigenvalue weighted by molar-refractivity contribution is 0.595. The van der Waals surface area contributed by atoms with Crippen LogP contribution in [0.4, 0.5) is 0 Å². The molecule has 12 rings (SSSR count). The van der Waals surface area contributed by atoms with Crippen LogP contribution in [0.5, 0.6) is 0 Å². The molecule has 92 heavy (non-hydrogen) atoms. The van der Waals surface area contributed by atoms with Crippen LogP contribution in [0.25, 0.3) is 32.7 Å². The van der Waals surface area contributed by atoms with E-state index in [-0.39, 0.29) is 21.3 Å². The first kappa shape index (κ1) is 61.4. The average molecular weight is 1270 g/mol. The molecule has 0 heterocycles. The third-order valence-electron chi connectivity index (χ3n) is 15.1. The Balaban J connectivity index is 0.832. The smallest absolute Gasteiger partial charge is 0.243 e. The highest BCUT2D eigenvalue weighted by Gasteiger charge is 2.24. The minimum atomic E-state index is -4.27. The lowest BCUT2D eigenvalue weighted by Crippen LogP contribution is -2.09. The standard InChI is InChI=1S/C80H56N2O6S4/c1-59-33-49-75(50-34-59)91(85,86)81-89(83,73-27-5-3-6-28-73)57-67-23-15-21-63(55-67)39-37-61-17-13-19-65(53-61)41-43-71-47-45-69-25-9-11-31-77(69)79(71)80-72(48-46-70-26-10-12-32-78(70)80)44-42-66-20-14-18-62(54-66)38-40-64-22-16-24-68(56-64)58-90(84,74-29-7-4-8-30-74)82-92(87,88)76-51-35-60(2)36-52-76/h3-36,45-56H,57-58H2,1-2H3. The van der Waals surface area contributed by atoms with Crippen molar-refractivity contribution in [3.63, 3.8) is 0 Å². The third kappa shape index (κ3) is 14.4. The van der Waals surface area contributed by atoms with E-state index in [0.29, 0.717) is 32.0 Å².